The van der Waals surface area contributed by atoms with Gasteiger partial charge in [-0.05, 0) is 24.6 Å². The monoisotopic (exact) mass is 419 g/mol. The lowest BCUT2D eigenvalue weighted by molar-refractivity contribution is 0.0843. The van der Waals surface area contributed by atoms with Crippen LogP contribution in [0.25, 0.3) is 16.6 Å². The van der Waals surface area contributed by atoms with Crippen LogP contribution in [0.5, 0.6) is 0 Å². The van der Waals surface area contributed by atoms with Crippen molar-refractivity contribution in [3.8, 4) is 5.82 Å². The third kappa shape index (κ3) is 3.70. The molecule has 0 aliphatic rings. The third-order valence-corrected chi connectivity index (χ3v) is 4.81. The first-order valence-corrected chi connectivity index (χ1v) is 9.77. The van der Waals surface area contributed by atoms with Crippen LogP contribution in [-0.2, 0) is 13.6 Å². The zero-order valence-corrected chi connectivity index (χ0v) is 17.1. The van der Waals surface area contributed by atoms with Gasteiger partial charge in [0.15, 0.2) is 5.69 Å². The van der Waals surface area contributed by atoms with Crippen LogP contribution < -0.4 is 16.4 Å². The molecule has 0 aliphatic carbocycles. The van der Waals surface area contributed by atoms with Crippen molar-refractivity contribution in [1.29, 1.82) is 0 Å². The maximum absolute atomic E-state index is 12.9. The standard InChI is InChI=1S/C21H21N7O3/c1-3-10-28-21(31)15-9-5-4-8-14(15)17(25-28)19(30)24-23-18(29)16-13-22-26(2)20(16)27-11-6-7-12-27/h4-9,11-13H,3,10H2,1-2H3,(H,23,29)(H,24,30). The van der Waals surface area contributed by atoms with Crippen LogP contribution in [0.15, 0.2) is 59.8 Å². The summed E-state index contributed by atoms with van der Waals surface area (Å²) in [5.74, 6) is -0.603. The molecule has 4 rings (SSSR count). The molecular weight excluding hydrogens is 398 g/mol. The molecule has 0 spiro atoms. The third-order valence-electron chi connectivity index (χ3n) is 4.81. The van der Waals surface area contributed by atoms with E-state index in [4.69, 9.17) is 0 Å². The fourth-order valence-electron chi connectivity index (χ4n) is 3.38. The Morgan fingerprint density at radius 1 is 1.00 bits per heavy atom. The molecule has 158 valence electrons. The number of fused-ring (bicyclic) bond motifs is 1. The molecule has 3 heterocycles. The van der Waals surface area contributed by atoms with Gasteiger partial charge in [0.2, 0.25) is 0 Å². The average molecular weight is 419 g/mol. The summed E-state index contributed by atoms with van der Waals surface area (Å²) in [7, 11) is 1.72. The molecule has 0 saturated carbocycles. The topological polar surface area (TPSA) is 116 Å². The van der Waals surface area contributed by atoms with Crippen LogP contribution in [0.3, 0.4) is 0 Å². The van der Waals surface area contributed by atoms with E-state index in [0.29, 0.717) is 29.6 Å². The van der Waals surface area contributed by atoms with Crippen molar-refractivity contribution in [1.82, 2.24) is 35.0 Å². The maximum atomic E-state index is 12.9. The highest BCUT2D eigenvalue weighted by atomic mass is 16.2. The summed E-state index contributed by atoms with van der Waals surface area (Å²) in [6, 6.07) is 10.4. The maximum Gasteiger partial charge on any atom is 0.290 e. The van der Waals surface area contributed by atoms with Crippen molar-refractivity contribution in [3.63, 3.8) is 0 Å². The van der Waals surface area contributed by atoms with Crippen LogP contribution in [0.2, 0.25) is 0 Å². The number of rotatable bonds is 5. The van der Waals surface area contributed by atoms with E-state index in [2.05, 4.69) is 21.0 Å². The molecule has 2 amide bonds. The number of carbonyl (C=O) groups excluding carboxylic acids is 2. The SMILES string of the molecule is CCCn1nc(C(=O)NNC(=O)c2cnn(C)c2-n2cccc2)c2ccccc2c1=O. The Hall–Kier alpha value is -4.21. The smallest absolute Gasteiger partial charge is 0.290 e. The highest BCUT2D eigenvalue weighted by Gasteiger charge is 2.20. The Morgan fingerprint density at radius 3 is 2.39 bits per heavy atom. The number of hydrogen-bond donors (Lipinski definition) is 2. The summed E-state index contributed by atoms with van der Waals surface area (Å²) in [5.41, 5.74) is 4.89. The lowest BCUT2D eigenvalue weighted by Crippen LogP contribution is -2.43. The van der Waals surface area contributed by atoms with Crippen LogP contribution in [0.4, 0.5) is 0 Å². The van der Waals surface area contributed by atoms with E-state index in [9.17, 15) is 14.4 Å². The summed E-state index contributed by atoms with van der Waals surface area (Å²) in [5, 5.41) is 9.17. The number of hydrazine groups is 1. The molecule has 0 atom stereocenters. The molecular formula is C21H21N7O3. The second-order valence-corrected chi connectivity index (χ2v) is 6.93. The Bertz CT molecular complexity index is 1320. The van der Waals surface area contributed by atoms with Gasteiger partial charge in [-0.3, -0.25) is 29.9 Å². The molecule has 2 N–H and O–H groups in total. The number of amides is 2. The van der Waals surface area contributed by atoms with Crippen molar-refractivity contribution in [2.45, 2.75) is 19.9 Å². The molecule has 10 nitrogen and oxygen atoms in total. The Labute approximate surface area is 177 Å². The van der Waals surface area contributed by atoms with Crippen molar-refractivity contribution < 1.29 is 9.59 Å². The van der Waals surface area contributed by atoms with Crippen molar-refractivity contribution in [2.24, 2.45) is 7.05 Å². The van der Waals surface area contributed by atoms with Gasteiger partial charge in [-0.1, -0.05) is 25.1 Å². The number of nitrogens with one attached hydrogen (secondary N) is 2. The first-order chi connectivity index (χ1) is 15.0. The number of nitrogens with zero attached hydrogens (tertiary/aromatic N) is 5. The number of aryl methyl sites for hydroxylation is 2. The zero-order chi connectivity index (χ0) is 22.0. The predicted molar refractivity (Wildman–Crippen MR) is 114 cm³/mol. The molecule has 3 aromatic heterocycles. The molecule has 0 saturated heterocycles. The van der Waals surface area contributed by atoms with Gasteiger partial charge in [-0.2, -0.15) is 10.2 Å². The van der Waals surface area contributed by atoms with E-state index in [1.807, 2.05) is 19.1 Å². The van der Waals surface area contributed by atoms with Gasteiger partial charge in [0.05, 0.1) is 11.6 Å². The van der Waals surface area contributed by atoms with Gasteiger partial charge in [-0.25, -0.2) is 4.68 Å². The minimum absolute atomic E-state index is 0.0563. The van der Waals surface area contributed by atoms with Gasteiger partial charge in [0.25, 0.3) is 17.4 Å². The van der Waals surface area contributed by atoms with Gasteiger partial charge < -0.3 is 4.57 Å². The lowest BCUT2D eigenvalue weighted by Gasteiger charge is -2.12. The van der Waals surface area contributed by atoms with E-state index in [1.165, 1.54) is 10.9 Å². The van der Waals surface area contributed by atoms with Gasteiger partial charge >= 0.3 is 0 Å². The summed E-state index contributed by atoms with van der Waals surface area (Å²) >= 11 is 0. The second-order valence-electron chi connectivity index (χ2n) is 6.93. The van der Waals surface area contributed by atoms with Gasteiger partial charge in [-0.15, -0.1) is 0 Å². The number of aromatic nitrogens is 5. The quantitative estimate of drug-likeness (QED) is 0.475. The molecule has 4 aromatic rings. The predicted octanol–water partition coefficient (Wildman–Crippen LogP) is 1.41. The highest BCUT2D eigenvalue weighted by Crippen LogP contribution is 2.15. The van der Waals surface area contributed by atoms with Crippen LogP contribution in [0.1, 0.15) is 34.2 Å². The number of carbonyl (C=O) groups is 2. The van der Waals surface area contributed by atoms with Crippen molar-refractivity contribution in [3.05, 3.63) is 76.6 Å². The summed E-state index contributed by atoms with van der Waals surface area (Å²) in [6.07, 6.45) is 5.69. The number of benzene rings is 1. The normalized spacial score (nSPS) is 10.9. The van der Waals surface area contributed by atoms with Crippen LogP contribution >= 0.6 is 0 Å². The van der Waals surface area contributed by atoms with E-state index in [1.54, 1.807) is 53.0 Å². The molecule has 0 aliphatic heterocycles. The van der Waals surface area contributed by atoms with Crippen molar-refractivity contribution >= 4 is 22.6 Å². The van der Waals surface area contributed by atoms with Crippen LogP contribution in [0, 0.1) is 0 Å². The fraction of sp³-hybridized carbons (Fsp3) is 0.190. The van der Waals surface area contributed by atoms with Gasteiger partial charge in [0, 0.05) is 31.4 Å². The fourth-order valence-corrected chi connectivity index (χ4v) is 3.38. The molecule has 1 aromatic carbocycles. The van der Waals surface area contributed by atoms with E-state index in [0.717, 1.165) is 0 Å². The first-order valence-electron chi connectivity index (χ1n) is 9.77. The summed E-state index contributed by atoms with van der Waals surface area (Å²) < 4.78 is 4.58. The first kappa shape index (κ1) is 20.1. The zero-order valence-electron chi connectivity index (χ0n) is 17.1. The minimum Gasteiger partial charge on any atom is -0.308 e. The van der Waals surface area contributed by atoms with Crippen LogP contribution in [-0.4, -0.2) is 35.9 Å². The van der Waals surface area contributed by atoms with E-state index >= 15 is 0 Å². The average Bonchev–Trinajstić information content (AvgIpc) is 3.43. The molecule has 10 heteroatoms. The summed E-state index contributed by atoms with van der Waals surface area (Å²) in [6.45, 7) is 2.30. The molecule has 0 bridgehead atoms. The van der Waals surface area contributed by atoms with E-state index in [-0.39, 0.29) is 16.8 Å². The number of hydrogen-bond acceptors (Lipinski definition) is 5. The lowest BCUT2D eigenvalue weighted by atomic mass is 10.1. The summed E-state index contributed by atoms with van der Waals surface area (Å²) in [4.78, 5) is 38.2. The second kappa shape index (κ2) is 8.27. The van der Waals surface area contributed by atoms with E-state index < -0.39 is 11.8 Å². The molecule has 0 fully saturated rings. The largest absolute Gasteiger partial charge is 0.308 e. The molecule has 0 radical (unpaired) electrons. The minimum atomic E-state index is -0.624. The Morgan fingerprint density at radius 2 is 1.68 bits per heavy atom. The van der Waals surface area contributed by atoms with Gasteiger partial charge in [0.1, 0.15) is 11.4 Å². The molecule has 31 heavy (non-hydrogen) atoms. The highest BCUT2D eigenvalue weighted by molar-refractivity contribution is 6.06. The molecule has 0 unspecified atom stereocenters. The Kier molecular flexibility index (Phi) is 5.35. The van der Waals surface area contributed by atoms with Crippen molar-refractivity contribution in [2.75, 3.05) is 0 Å². The Balaban J connectivity index is 1.60.